The number of fused-ring (bicyclic) bond motifs is 1. The molecule has 0 radical (unpaired) electrons. The zero-order chi connectivity index (χ0) is 17.7. The number of amides is 1. The molecular formula is C16H19N3O5. The second-order valence-corrected chi connectivity index (χ2v) is 5.39. The van der Waals surface area contributed by atoms with Crippen LogP contribution in [0.5, 0.6) is 0 Å². The maximum Gasteiger partial charge on any atom is 0.329 e. The van der Waals surface area contributed by atoms with Crippen LogP contribution in [0.25, 0.3) is 10.9 Å². The summed E-state index contributed by atoms with van der Waals surface area (Å²) in [6.45, 7) is 1.77. The first-order chi connectivity index (χ1) is 11.5. The number of carbonyl (C=O) groups excluding carboxylic acids is 1. The quantitative estimate of drug-likeness (QED) is 0.686. The van der Waals surface area contributed by atoms with Crippen molar-refractivity contribution in [2.45, 2.75) is 32.2 Å². The Balaban J connectivity index is 2.42. The summed E-state index contributed by atoms with van der Waals surface area (Å²) in [6.07, 6.45) is 0.642. The van der Waals surface area contributed by atoms with Crippen LogP contribution in [0.15, 0.2) is 33.9 Å². The van der Waals surface area contributed by atoms with E-state index in [0.717, 1.165) is 4.57 Å². The van der Waals surface area contributed by atoms with Crippen LogP contribution in [-0.4, -0.2) is 33.1 Å². The smallest absolute Gasteiger partial charge is 0.329 e. The van der Waals surface area contributed by atoms with Crippen LogP contribution in [0.2, 0.25) is 0 Å². The van der Waals surface area contributed by atoms with E-state index in [0.29, 0.717) is 23.7 Å². The van der Waals surface area contributed by atoms with Crippen molar-refractivity contribution in [3.8, 4) is 0 Å². The largest absolute Gasteiger partial charge is 0.481 e. The molecule has 0 fully saturated rings. The van der Waals surface area contributed by atoms with E-state index >= 15 is 0 Å². The van der Waals surface area contributed by atoms with E-state index in [1.165, 1.54) is 0 Å². The number of carboxylic acids is 1. The maximum atomic E-state index is 12.6. The Hall–Kier alpha value is -2.90. The SMILES string of the molecule is CCCC(C(=O)NCCC(=O)O)n1c(=O)[nH]c2ccccc2c1=O. The van der Waals surface area contributed by atoms with Gasteiger partial charge in [-0.25, -0.2) is 9.36 Å². The van der Waals surface area contributed by atoms with Gasteiger partial charge in [0.15, 0.2) is 0 Å². The van der Waals surface area contributed by atoms with E-state index in [1.54, 1.807) is 24.3 Å². The van der Waals surface area contributed by atoms with Gasteiger partial charge in [-0.15, -0.1) is 0 Å². The minimum atomic E-state index is -1.04. The van der Waals surface area contributed by atoms with Gasteiger partial charge in [0, 0.05) is 6.54 Å². The van der Waals surface area contributed by atoms with Crippen LogP contribution in [-0.2, 0) is 9.59 Å². The number of rotatable bonds is 7. The maximum absolute atomic E-state index is 12.6. The third kappa shape index (κ3) is 3.70. The van der Waals surface area contributed by atoms with Crippen molar-refractivity contribution in [2.75, 3.05) is 6.54 Å². The van der Waals surface area contributed by atoms with Crippen LogP contribution in [0, 0.1) is 0 Å². The minimum Gasteiger partial charge on any atom is -0.481 e. The molecule has 1 aromatic heterocycles. The molecule has 128 valence electrons. The molecular weight excluding hydrogens is 314 g/mol. The lowest BCUT2D eigenvalue weighted by molar-refractivity contribution is -0.137. The van der Waals surface area contributed by atoms with Crippen molar-refractivity contribution in [1.29, 1.82) is 0 Å². The molecule has 1 unspecified atom stereocenters. The molecule has 0 aliphatic heterocycles. The van der Waals surface area contributed by atoms with Gasteiger partial charge in [0.25, 0.3) is 5.56 Å². The van der Waals surface area contributed by atoms with Crippen molar-refractivity contribution in [1.82, 2.24) is 14.9 Å². The van der Waals surface area contributed by atoms with Gasteiger partial charge < -0.3 is 15.4 Å². The first-order valence-corrected chi connectivity index (χ1v) is 7.68. The zero-order valence-electron chi connectivity index (χ0n) is 13.2. The lowest BCUT2D eigenvalue weighted by Crippen LogP contribution is -2.44. The van der Waals surface area contributed by atoms with Crippen LogP contribution in [0.1, 0.15) is 32.2 Å². The number of nitrogens with one attached hydrogen (secondary N) is 2. The van der Waals surface area contributed by atoms with Crippen LogP contribution in [0.3, 0.4) is 0 Å². The van der Waals surface area contributed by atoms with Gasteiger partial charge in [-0.05, 0) is 18.6 Å². The van der Waals surface area contributed by atoms with Crippen LogP contribution >= 0.6 is 0 Å². The summed E-state index contributed by atoms with van der Waals surface area (Å²) in [5.74, 6) is -1.58. The second kappa shape index (κ2) is 7.58. The molecule has 0 aliphatic rings. The molecule has 0 aliphatic carbocycles. The summed E-state index contributed by atoms with van der Waals surface area (Å²) in [6, 6.07) is 5.59. The lowest BCUT2D eigenvalue weighted by Gasteiger charge is -2.18. The summed E-state index contributed by atoms with van der Waals surface area (Å²) in [4.78, 5) is 50.4. The molecule has 0 saturated heterocycles. The minimum absolute atomic E-state index is 0.0609. The van der Waals surface area contributed by atoms with Gasteiger partial charge in [0.2, 0.25) is 5.91 Å². The number of nitrogens with zero attached hydrogens (tertiary/aromatic N) is 1. The molecule has 1 atom stereocenters. The number of aromatic nitrogens is 2. The predicted molar refractivity (Wildman–Crippen MR) is 88.0 cm³/mol. The van der Waals surface area contributed by atoms with E-state index in [9.17, 15) is 19.2 Å². The number of carbonyl (C=O) groups is 2. The first kappa shape index (κ1) is 17.5. The van der Waals surface area contributed by atoms with Gasteiger partial charge in [-0.2, -0.15) is 0 Å². The summed E-state index contributed by atoms with van der Waals surface area (Å²) in [5.41, 5.74) is -0.794. The van der Waals surface area contributed by atoms with E-state index < -0.39 is 29.2 Å². The number of H-pyrrole nitrogens is 1. The number of hydrogen-bond donors (Lipinski definition) is 3. The van der Waals surface area contributed by atoms with Crippen molar-refractivity contribution in [3.05, 3.63) is 45.1 Å². The van der Waals surface area contributed by atoms with Gasteiger partial charge in [-0.3, -0.25) is 14.4 Å². The number of hydrogen-bond acceptors (Lipinski definition) is 4. The lowest BCUT2D eigenvalue weighted by atomic mass is 10.1. The molecule has 24 heavy (non-hydrogen) atoms. The van der Waals surface area contributed by atoms with Gasteiger partial charge >= 0.3 is 11.7 Å². The Morgan fingerprint density at radius 3 is 2.67 bits per heavy atom. The summed E-state index contributed by atoms with van der Waals surface area (Å²) in [7, 11) is 0. The molecule has 1 amide bonds. The van der Waals surface area contributed by atoms with E-state index in [-0.39, 0.29) is 13.0 Å². The van der Waals surface area contributed by atoms with Gasteiger partial charge in [0.05, 0.1) is 17.3 Å². The van der Waals surface area contributed by atoms with Crippen molar-refractivity contribution in [2.24, 2.45) is 0 Å². The first-order valence-electron chi connectivity index (χ1n) is 7.68. The molecule has 2 aromatic rings. The highest BCUT2D eigenvalue weighted by Crippen LogP contribution is 2.12. The highest BCUT2D eigenvalue weighted by Gasteiger charge is 2.23. The van der Waals surface area contributed by atoms with Crippen LogP contribution in [0.4, 0.5) is 0 Å². The van der Waals surface area contributed by atoms with Gasteiger partial charge in [-0.1, -0.05) is 25.5 Å². The third-order valence-corrected chi connectivity index (χ3v) is 3.65. The second-order valence-electron chi connectivity index (χ2n) is 5.39. The summed E-state index contributed by atoms with van der Waals surface area (Å²) < 4.78 is 0.905. The summed E-state index contributed by atoms with van der Waals surface area (Å²) >= 11 is 0. The zero-order valence-corrected chi connectivity index (χ0v) is 13.2. The van der Waals surface area contributed by atoms with Crippen LogP contribution < -0.4 is 16.6 Å². The molecule has 3 N–H and O–H groups in total. The number of benzene rings is 1. The van der Waals surface area contributed by atoms with E-state index in [1.807, 2.05) is 6.92 Å². The van der Waals surface area contributed by atoms with E-state index in [4.69, 9.17) is 5.11 Å². The number of carboxylic acid groups (broad SMARTS) is 1. The average molecular weight is 333 g/mol. The Kier molecular flexibility index (Phi) is 5.51. The molecule has 0 saturated carbocycles. The van der Waals surface area contributed by atoms with Crippen molar-refractivity contribution >= 4 is 22.8 Å². The molecule has 2 rings (SSSR count). The Morgan fingerprint density at radius 2 is 2.00 bits per heavy atom. The molecule has 1 aromatic carbocycles. The molecule has 8 heteroatoms. The standard InChI is InChI=1S/C16H19N3O5/c1-2-5-12(14(22)17-9-8-13(20)21)19-15(23)10-6-3-4-7-11(10)18-16(19)24/h3-4,6-7,12H,2,5,8-9H2,1H3,(H,17,22)(H,18,24)(H,20,21). The Labute approximate surface area is 137 Å². The number of aliphatic carboxylic acids is 1. The fraction of sp³-hybridized carbons (Fsp3) is 0.375. The fourth-order valence-corrected chi connectivity index (χ4v) is 2.52. The fourth-order valence-electron chi connectivity index (χ4n) is 2.52. The molecule has 0 bridgehead atoms. The van der Waals surface area contributed by atoms with E-state index in [2.05, 4.69) is 10.3 Å². The third-order valence-electron chi connectivity index (χ3n) is 3.65. The van der Waals surface area contributed by atoms with Gasteiger partial charge in [0.1, 0.15) is 6.04 Å². The summed E-state index contributed by atoms with van der Waals surface area (Å²) in [5, 5.41) is 11.4. The normalized spacial score (nSPS) is 12.0. The molecule has 1 heterocycles. The predicted octanol–water partition coefficient (Wildman–Crippen LogP) is 0.622. The van der Waals surface area contributed by atoms with Crippen molar-refractivity contribution in [3.63, 3.8) is 0 Å². The molecule has 8 nitrogen and oxygen atoms in total. The Morgan fingerprint density at radius 1 is 1.29 bits per heavy atom. The molecule has 0 spiro atoms. The highest BCUT2D eigenvalue weighted by atomic mass is 16.4. The topological polar surface area (TPSA) is 121 Å². The monoisotopic (exact) mass is 333 g/mol. The number of aromatic amines is 1. The number of para-hydroxylation sites is 1. The van der Waals surface area contributed by atoms with Crippen molar-refractivity contribution < 1.29 is 14.7 Å². The average Bonchev–Trinajstić information content (AvgIpc) is 2.53. The Bertz CT molecular complexity index is 868. The highest BCUT2D eigenvalue weighted by molar-refractivity contribution is 5.82.